The zero-order valence-corrected chi connectivity index (χ0v) is 14.0. The molecule has 2 rings (SSSR count). The monoisotopic (exact) mass is 296 g/mol. The fraction of sp³-hybridized carbons (Fsp3) is 0.368. The van der Waals surface area contributed by atoms with E-state index < -0.39 is 0 Å². The van der Waals surface area contributed by atoms with Crippen LogP contribution in [0.2, 0.25) is 0 Å². The van der Waals surface area contributed by atoms with Crippen LogP contribution in [0, 0.1) is 0 Å². The summed E-state index contributed by atoms with van der Waals surface area (Å²) in [5.41, 5.74) is 3.74. The molecule has 0 bridgehead atoms. The molecule has 0 aliphatic rings. The number of hydrogen-bond donors (Lipinski definition) is 1. The van der Waals surface area contributed by atoms with E-state index in [4.69, 9.17) is 0 Å². The van der Waals surface area contributed by atoms with Gasteiger partial charge in [-0.1, -0.05) is 52.8 Å². The van der Waals surface area contributed by atoms with Crippen LogP contribution < -0.4 is 0 Å². The first-order valence-electron chi connectivity index (χ1n) is 7.62. The van der Waals surface area contributed by atoms with E-state index in [0.717, 1.165) is 11.3 Å². The third kappa shape index (κ3) is 3.94. The van der Waals surface area contributed by atoms with Crippen LogP contribution in [0.4, 0.5) is 11.4 Å². The number of phenolic OH excluding ortho intramolecular Hbond substituents is 1. The minimum Gasteiger partial charge on any atom is -0.506 e. The van der Waals surface area contributed by atoms with E-state index >= 15 is 0 Å². The highest BCUT2D eigenvalue weighted by molar-refractivity contribution is 5.53. The largest absolute Gasteiger partial charge is 0.506 e. The highest BCUT2D eigenvalue weighted by atomic mass is 16.3. The summed E-state index contributed by atoms with van der Waals surface area (Å²) in [7, 11) is 0. The number of azo groups is 1. The Balaban J connectivity index is 2.18. The first-order valence-corrected chi connectivity index (χ1v) is 7.62. The van der Waals surface area contributed by atoms with E-state index in [2.05, 4.69) is 57.0 Å². The van der Waals surface area contributed by atoms with Crippen LogP contribution in [0.5, 0.6) is 5.75 Å². The number of nitrogens with zero attached hydrogens (tertiary/aromatic N) is 2. The Morgan fingerprint density at radius 1 is 0.909 bits per heavy atom. The van der Waals surface area contributed by atoms with Crippen molar-refractivity contribution in [3.05, 3.63) is 53.6 Å². The van der Waals surface area contributed by atoms with E-state index in [1.807, 2.05) is 18.2 Å². The van der Waals surface area contributed by atoms with Gasteiger partial charge in [0.25, 0.3) is 0 Å². The average Bonchev–Trinajstić information content (AvgIpc) is 2.45. The molecule has 3 heteroatoms. The van der Waals surface area contributed by atoms with Gasteiger partial charge in [0.1, 0.15) is 11.4 Å². The van der Waals surface area contributed by atoms with Gasteiger partial charge in [0, 0.05) is 0 Å². The molecular formula is C19H24N2O. The van der Waals surface area contributed by atoms with E-state index in [1.54, 1.807) is 12.1 Å². The van der Waals surface area contributed by atoms with Crippen LogP contribution in [0.25, 0.3) is 0 Å². The molecule has 0 saturated carbocycles. The van der Waals surface area contributed by atoms with Gasteiger partial charge in [-0.05, 0) is 46.7 Å². The molecule has 0 fully saturated rings. The van der Waals surface area contributed by atoms with Crippen LogP contribution in [0.15, 0.2) is 52.7 Å². The second-order valence-electron chi connectivity index (χ2n) is 6.90. The van der Waals surface area contributed by atoms with Gasteiger partial charge in [-0.3, -0.25) is 0 Å². The molecule has 0 spiro atoms. The molecule has 1 N–H and O–H groups in total. The van der Waals surface area contributed by atoms with Gasteiger partial charge in [-0.15, -0.1) is 5.11 Å². The molecule has 0 atom stereocenters. The maximum Gasteiger partial charge on any atom is 0.143 e. The number of phenols is 1. The standard InChI is InChI=1S/C19H24N2O/c1-13(2)14-6-11-17(18(22)12-14)21-20-16-9-7-15(8-10-16)19(3,4)5/h6-13,22H,1-5H3. The summed E-state index contributed by atoms with van der Waals surface area (Å²) in [4.78, 5) is 0. The quantitative estimate of drug-likeness (QED) is 0.670. The van der Waals surface area contributed by atoms with Crippen LogP contribution in [0.1, 0.15) is 51.7 Å². The van der Waals surface area contributed by atoms with Crippen LogP contribution in [-0.2, 0) is 5.41 Å². The number of aromatic hydroxyl groups is 1. The molecule has 22 heavy (non-hydrogen) atoms. The molecule has 2 aromatic rings. The van der Waals surface area contributed by atoms with Gasteiger partial charge in [0.15, 0.2) is 0 Å². The van der Waals surface area contributed by atoms with E-state index in [0.29, 0.717) is 11.6 Å². The van der Waals surface area contributed by atoms with Gasteiger partial charge in [-0.2, -0.15) is 5.11 Å². The van der Waals surface area contributed by atoms with Crippen LogP contribution in [-0.4, -0.2) is 5.11 Å². The predicted molar refractivity (Wildman–Crippen MR) is 91.5 cm³/mol. The van der Waals surface area contributed by atoms with Crippen molar-refractivity contribution in [3.63, 3.8) is 0 Å². The average molecular weight is 296 g/mol. The highest BCUT2D eigenvalue weighted by Gasteiger charge is 2.12. The second kappa shape index (κ2) is 6.30. The molecule has 2 aromatic carbocycles. The summed E-state index contributed by atoms with van der Waals surface area (Å²) in [6.07, 6.45) is 0. The lowest BCUT2D eigenvalue weighted by molar-refractivity contribution is 0.475. The summed E-state index contributed by atoms with van der Waals surface area (Å²) in [6, 6.07) is 13.6. The fourth-order valence-electron chi connectivity index (χ4n) is 2.12. The SMILES string of the molecule is CC(C)c1ccc(N=Nc2ccc(C(C)(C)C)cc2)c(O)c1. The Morgan fingerprint density at radius 2 is 1.55 bits per heavy atom. The lowest BCUT2D eigenvalue weighted by Gasteiger charge is -2.18. The molecule has 0 heterocycles. The smallest absolute Gasteiger partial charge is 0.143 e. The third-order valence-electron chi connectivity index (χ3n) is 3.67. The van der Waals surface area contributed by atoms with Crippen molar-refractivity contribution in [2.45, 2.75) is 46.0 Å². The zero-order chi connectivity index (χ0) is 16.3. The molecule has 0 aromatic heterocycles. The van der Waals surface area contributed by atoms with Crippen molar-refractivity contribution in [2.75, 3.05) is 0 Å². The van der Waals surface area contributed by atoms with Crippen molar-refractivity contribution in [2.24, 2.45) is 10.2 Å². The van der Waals surface area contributed by atoms with Gasteiger partial charge in [0.2, 0.25) is 0 Å². The topological polar surface area (TPSA) is 45.0 Å². The van der Waals surface area contributed by atoms with E-state index in [1.165, 1.54) is 5.56 Å². The van der Waals surface area contributed by atoms with Crippen molar-refractivity contribution >= 4 is 11.4 Å². The van der Waals surface area contributed by atoms with Crippen molar-refractivity contribution in [1.82, 2.24) is 0 Å². The van der Waals surface area contributed by atoms with Crippen molar-refractivity contribution < 1.29 is 5.11 Å². The molecule has 0 unspecified atom stereocenters. The summed E-state index contributed by atoms with van der Waals surface area (Å²) in [5.74, 6) is 0.545. The minimum atomic E-state index is 0.126. The van der Waals surface area contributed by atoms with E-state index in [9.17, 15) is 5.11 Å². The third-order valence-corrected chi connectivity index (χ3v) is 3.67. The van der Waals surface area contributed by atoms with E-state index in [-0.39, 0.29) is 11.2 Å². The lowest BCUT2D eigenvalue weighted by atomic mass is 9.87. The maximum atomic E-state index is 10.0. The molecule has 0 aliphatic carbocycles. The Labute approximate surface area is 132 Å². The van der Waals surface area contributed by atoms with Crippen LogP contribution in [0.3, 0.4) is 0 Å². The Hall–Kier alpha value is -2.16. The Morgan fingerprint density at radius 3 is 2.05 bits per heavy atom. The molecular weight excluding hydrogens is 272 g/mol. The fourth-order valence-corrected chi connectivity index (χ4v) is 2.12. The summed E-state index contributed by atoms with van der Waals surface area (Å²) < 4.78 is 0. The zero-order valence-electron chi connectivity index (χ0n) is 14.0. The second-order valence-corrected chi connectivity index (χ2v) is 6.90. The normalized spacial score (nSPS) is 12.3. The van der Waals surface area contributed by atoms with Gasteiger partial charge in [-0.25, -0.2) is 0 Å². The lowest BCUT2D eigenvalue weighted by Crippen LogP contribution is -2.10. The molecule has 0 amide bonds. The van der Waals surface area contributed by atoms with Gasteiger partial charge < -0.3 is 5.11 Å². The molecule has 0 saturated heterocycles. The maximum absolute atomic E-state index is 10.0. The first-order chi connectivity index (χ1) is 10.3. The summed E-state index contributed by atoms with van der Waals surface area (Å²) >= 11 is 0. The minimum absolute atomic E-state index is 0.126. The number of rotatable bonds is 3. The summed E-state index contributed by atoms with van der Waals surface area (Å²) in [6.45, 7) is 10.7. The number of benzene rings is 2. The highest BCUT2D eigenvalue weighted by Crippen LogP contribution is 2.31. The van der Waals surface area contributed by atoms with Gasteiger partial charge >= 0.3 is 0 Å². The predicted octanol–water partition coefficient (Wildman–Crippen LogP) is 6.23. The number of hydrogen-bond acceptors (Lipinski definition) is 3. The molecule has 116 valence electrons. The Kier molecular flexibility index (Phi) is 4.65. The molecule has 0 radical (unpaired) electrons. The first kappa shape index (κ1) is 16.2. The molecule has 0 aliphatic heterocycles. The van der Waals surface area contributed by atoms with Gasteiger partial charge in [0.05, 0.1) is 5.69 Å². The van der Waals surface area contributed by atoms with Crippen LogP contribution >= 0.6 is 0 Å². The summed E-state index contributed by atoms with van der Waals surface area (Å²) in [5, 5.41) is 18.4. The molecule has 3 nitrogen and oxygen atoms in total. The van der Waals surface area contributed by atoms with Crippen molar-refractivity contribution in [3.8, 4) is 5.75 Å². The van der Waals surface area contributed by atoms with Crippen molar-refractivity contribution in [1.29, 1.82) is 0 Å². The Bertz CT molecular complexity index is 665.